The van der Waals surface area contributed by atoms with Gasteiger partial charge in [0.15, 0.2) is 0 Å². The van der Waals surface area contributed by atoms with Crippen LogP contribution in [0.4, 0.5) is 0 Å². The van der Waals surface area contributed by atoms with Crippen LogP contribution in [0.5, 0.6) is 0 Å². The number of allylic oxidation sites excluding steroid dienone is 1. The van der Waals surface area contributed by atoms with Crippen molar-refractivity contribution in [1.82, 2.24) is 0 Å². The monoisotopic (exact) mass is 284 g/mol. The summed E-state index contributed by atoms with van der Waals surface area (Å²) < 4.78 is 15.0. The molecule has 0 aromatic heterocycles. The normalized spacial score (nSPS) is 17.6. The van der Waals surface area contributed by atoms with Gasteiger partial charge in [-0.3, -0.25) is 4.79 Å². The van der Waals surface area contributed by atoms with E-state index in [4.69, 9.17) is 14.2 Å². The highest BCUT2D eigenvalue weighted by Crippen LogP contribution is 2.34. The van der Waals surface area contributed by atoms with Gasteiger partial charge < -0.3 is 14.2 Å². The molecule has 1 aliphatic carbocycles. The summed E-state index contributed by atoms with van der Waals surface area (Å²) >= 11 is 0. The highest BCUT2D eigenvalue weighted by Gasteiger charge is 2.58. The Morgan fingerprint density at radius 1 is 1.15 bits per heavy atom. The summed E-state index contributed by atoms with van der Waals surface area (Å²) in [5, 5.41) is 0. The molecule has 6 nitrogen and oxygen atoms in total. The summed E-state index contributed by atoms with van der Waals surface area (Å²) in [6.07, 6.45) is 4.75. The standard InChI is InChI=1S/C14H20O6/c1-4-18-12(16)14(20-10(3)15,13(17)19-5-2)11-8-6-7-9-11/h6,8,11H,4-5,7,9H2,1-3H3/t11-/m0/s1. The Kier molecular flexibility index (Phi) is 5.73. The molecule has 0 saturated heterocycles. The fraction of sp³-hybridized carbons (Fsp3) is 0.643. The van der Waals surface area contributed by atoms with Crippen LogP contribution in [0.25, 0.3) is 0 Å². The van der Waals surface area contributed by atoms with Crippen molar-refractivity contribution in [1.29, 1.82) is 0 Å². The summed E-state index contributed by atoms with van der Waals surface area (Å²) in [5.41, 5.74) is -2.04. The number of ether oxygens (including phenoxy) is 3. The first-order valence-electron chi connectivity index (χ1n) is 6.69. The third-order valence-corrected chi connectivity index (χ3v) is 3.00. The second kappa shape index (κ2) is 7.07. The molecule has 0 N–H and O–H groups in total. The largest absolute Gasteiger partial charge is 0.463 e. The van der Waals surface area contributed by atoms with E-state index in [1.54, 1.807) is 19.9 Å². The molecule has 0 saturated carbocycles. The third kappa shape index (κ3) is 3.18. The van der Waals surface area contributed by atoms with Crippen molar-refractivity contribution in [3.63, 3.8) is 0 Å². The van der Waals surface area contributed by atoms with E-state index in [1.165, 1.54) is 0 Å². The Bertz CT molecular complexity index is 394. The molecule has 112 valence electrons. The Morgan fingerprint density at radius 3 is 2.05 bits per heavy atom. The molecule has 0 amide bonds. The van der Waals surface area contributed by atoms with E-state index in [-0.39, 0.29) is 13.2 Å². The predicted octanol–water partition coefficient (Wildman–Crippen LogP) is 1.38. The van der Waals surface area contributed by atoms with Crippen LogP contribution in [0.3, 0.4) is 0 Å². The maximum atomic E-state index is 12.3. The van der Waals surface area contributed by atoms with E-state index in [1.807, 2.05) is 6.08 Å². The highest BCUT2D eigenvalue weighted by atomic mass is 16.6. The van der Waals surface area contributed by atoms with Crippen molar-refractivity contribution >= 4 is 17.9 Å². The van der Waals surface area contributed by atoms with Gasteiger partial charge in [0.2, 0.25) is 0 Å². The van der Waals surface area contributed by atoms with Gasteiger partial charge in [-0.1, -0.05) is 12.2 Å². The second-order valence-electron chi connectivity index (χ2n) is 4.38. The van der Waals surface area contributed by atoms with Crippen LogP contribution in [0.15, 0.2) is 12.2 Å². The zero-order valence-corrected chi connectivity index (χ0v) is 12.0. The van der Waals surface area contributed by atoms with Gasteiger partial charge in [0.1, 0.15) is 0 Å². The van der Waals surface area contributed by atoms with E-state index < -0.39 is 29.4 Å². The number of carbonyl (C=O) groups excluding carboxylic acids is 3. The summed E-state index contributed by atoms with van der Waals surface area (Å²) in [6, 6.07) is 0. The van der Waals surface area contributed by atoms with Crippen LogP contribution < -0.4 is 0 Å². The second-order valence-corrected chi connectivity index (χ2v) is 4.38. The van der Waals surface area contributed by atoms with Crippen molar-refractivity contribution in [3.8, 4) is 0 Å². The van der Waals surface area contributed by atoms with Crippen LogP contribution in [0.1, 0.15) is 33.6 Å². The van der Waals surface area contributed by atoms with Gasteiger partial charge in [-0.05, 0) is 26.7 Å². The topological polar surface area (TPSA) is 78.9 Å². The molecule has 1 rings (SSSR count). The van der Waals surface area contributed by atoms with Gasteiger partial charge in [0.05, 0.1) is 13.2 Å². The first kappa shape index (κ1) is 16.2. The number of hydrogen-bond acceptors (Lipinski definition) is 6. The Morgan fingerprint density at radius 2 is 1.70 bits per heavy atom. The lowest BCUT2D eigenvalue weighted by Crippen LogP contribution is -2.56. The molecule has 20 heavy (non-hydrogen) atoms. The fourth-order valence-corrected chi connectivity index (χ4v) is 2.22. The SMILES string of the molecule is CCOC(=O)C(OC(C)=O)(C(=O)OCC)[C@H]1C=CCC1. The Labute approximate surface area is 118 Å². The fourth-order valence-electron chi connectivity index (χ4n) is 2.22. The molecule has 1 aliphatic rings. The molecule has 1 atom stereocenters. The molecule has 0 fully saturated rings. The van der Waals surface area contributed by atoms with Gasteiger partial charge in [-0.25, -0.2) is 9.59 Å². The van der Waals surface area contributed by atoms with Gasteiger partial charge in [0, 0.05) is 12.8 Å². The third-order valence-electron chi connectivity index (χ3n) is 3.00. The minimum atomic E-state index is -2.04. The van der Waals surface area contributed by atoms with Crippen molar-refractivity contribution in [2.75, 3.05) is 13.2 Å². The van der Waals surface area contributed by atoms with Crippen LogP contribution in [-0.2, 0) is 28.6 Å². The van der Waals surface area contributed by atoms with Crippen molar-refractivity contribution in [2.45, 2.75) is 39.2 Å². The average molecular weight is 284 g/mol. The molecule has 0 spiro atoms. The summed E-state index contributed by atoms with van der Waals surface area (Å²) in [4.78, 5) is 35.9. The maximum Gasteiger partial charge on any atom is 0.363 e. The highest BCUT2D eigenvalue weighted by molar-refractivity contribution is 6.06. The molecule has 0 bridgehead atoms. The average Bonchev–Trinajstić information content (AvgIpc) is 2.90. The summed E-state index contributed by atoms with van der Waals surface area (Å²) in [7, 11) is 0. The molecule has 6 heteroatoms. The maximum absolute atomic E-state index is 12.3. The zero-order chi connectivity index (χ0) is 15.2. The van der Waals surface area contributed by atoms with Gasteiger partial charge in [-0.15, -0.1) is 0 Å². The smallest absolute Gasteiger partial charge is 0.363 e. The van der Waals surface area contributed by atoms with E-state index in [0.29, 0.717) is 12.8 Å². The number of hydrogen-bond donors (Lipinski definition) is 0. The predicted molar refractivity (Wildman–Crippen MR) is 69.6 cm³/mol. The lowest BCUT2D eigenvalue weighted by molar-refractivity contribution is -0.200. The first-order chi connectivity index (χ1) is 9.48. The minimum absolute atomic E-state index is 0.0810. The number of esters is 3. The van der Waals surface area contributed by atoms with Crippen molar-refractivity contribution < 1.29 is 28.6 Å². The summed E-state index contributed by atoms with van der Waals surface area (Å²) in [6.45, 7) is 4.54. The Balaban J connectivity index is 3.22. The molecule has 0 heterocycles. The Hall–Kier alpha value is -1.85. The first-order valence-corrected chi connectivity index (χ1v) is 6.69. The van der Waals surface area contributed by atoms with Gasteiger partial charge in [-0.2, -0.15) is 0 Å². The lowest BCUT2D eigenvalue weighted by atomic mass is 9.86. The molecule has 0 aromatic carbocycles. The molecule has 0 aliphatic heterocycles. The minimum Gasteiger partial charge on any atom is -0.463 e. The van der Waals surface area contributed by atoms with E-state index in [2.05, 4.69) is 0 Å². The molecule has 0 aromatic rings. The van der Waals surface area contributed by atoms with Crippen LogP contribution in [0, 0.1) is 5.92 Å². The van der Waals surface area contributed by atoms with Gasteiger partial charge >= 0.3 is 23.5 Å². The summed E-state index contributed by atoms with van der Waals surface area (Å²) in [5.74, 6) is -3.06. The molecule has 0 radical (unpaired) electrons. The van der Waals surface area contributed by atoms with E-state index in [0.717, 1.165) is 6.92 Å². The van der Waals surface area contributed by atoms with Crippen LogP contribution in [0.2, 0.25) is 0 Å². The molecular weight excluding hydrogens is 264 g/mol. The van der Waals surface area contributed by atoms with E-state index >= 15 is 0 Å². The quantitative estimate of drug-likeness (QED) is 0.317. The van der Waals surface area contributed by atoms with Gasteiger partial charge in [0.25, 0.3) is 0 Å². The van der Waals surface area contributed by atoms with Crippen LogP contribution >= 0.6 is 0 Å². The van der Waals surface area contributed by atoms with E-state index in [9.17, 15) is 14.4 Å². The number of carbonyl (C=O) groups is 3. The van der Waals surface area contributed by atoms with Crippen molar-refractivity contribution in [2.24, 2.45) is 5.92 Å². The molecular formula is C14H20O6. The molecule has 0 unspecified atom stereocenters. The zero-order valence-electron chi connectivity index (χ0n) is 12.0. The van der Waals surface area contributed by atoms with Crippen molar-refractivity contribution in [3.05, 3.63) is 12.2 Å². The number of rotatable bonds is 6. The van der Waals surface area contributed by atoms with Crippen LogP contribution in [-0.4, -0.2) is 36.7 Å². The lowest BCUT2D eigenvalue weighted by Gasteiger charge is -2.32.